The molecule has 0 aromatic carbocycles. The van der Waals surface area contributed by atoms with Gasteiger partial charge in [-0.3, -0.25) is 0 Å². The Morgan fingerprint density at radius 1 is 1.09 bits per heavy atom. The number of rotatable bonds is 0. The van der Waals surface area contributed by atoms with Gasteiger partial charge in [0.2, 0.25) is 0 Å². The van der Waals surface area contributed by atoms with Crippen LogP contribution in [0.2, 0.25) is 0 Å². The zero-order valence-electron chi connectivity index (χ0n) is 6.77. The van der Waals surface area contributed by atoms with Crippen molar-refractivity contribution >= 4 is 0 Å². The van der Waals surface area contributed by atoms with Gasteiger partial charge in [0.1, 0.15) is 0 Å². The van der Waals surface area contributed by atoms with Gasteiger partial charge in [0.05, 0.1) is 30.5 Å². The minimum absolute atomic E-state index is 0.289. The normalized spacial score (nSPS) is 52.6. The minimum Gasteiger partial charge on any atom is -0.389 e. The molecule has 0 amide bonds. The predicted molar refractivity (Wildman–Crippen MR) is 40.0 cm³/mol. The topological polar surface area (TPSA) is 75.7 Å². The van der Waals surface area contributed by atoms with Gasteiger partial charge >= 0.3 is 0 Å². The highest BCUT2D eigenvalue weighted by Gasteiger charge is 2.38. The zero-order chi connectivity index (χ0) is 8.59. The molecule has 0 unspecified atom stereocenters. The van der Waals surface area contributed by atoms with Crippen molar-refractivity contribution in [2.75, 3.05) is 0 Å². The van der Waals surface area contributed by atoms with Gasteiger partial charge in [-0.05, 0) is 13.8 Å². The highest BCUT2D eigenvalue weighted by atomic mass is 16.5. The molecule has 4 heteroatoms. The zero-order valence-corrected chi connectivity index (χ0v) is 6.77. The van der Waals surface area contributed by atoms with Crippen molar-refractivity contribution in [2.24, 2.45) is 5.73 Å². The molecule has 1 fully saturated rings. The average Bonchev–Trinajstić information content (AvgIpc) is 1.97. The van der Waals surface area contributed by atoms with Crippen LogP contribution in [-0.4, -0.2) is 40.7 Å². The molecule has 1 rings (SSSR count). The Bertz CT molecular complexity index is 128. The first-order valence-corrected chi connectivity index (χ1v) is 3.81. The van der Waals surface area contributed by atoms with Crippen LogP contribution in [0, 0.1) is 0 Å². The van der Waals surface area contributed by atoms with E-state index in [4.69, 9.17) is 10.5 Å². The standard InChI is InChI=1S/C7H15NO3/c1-3-6(9)5(8)7(10)4(2)11-3/h3-7,9-10H,8H2,1-2H3/t3-,4+,5+,6-,7+. The first-order chi connectivity index (χ1) is 5.04. The molecular weight excluding hydrogens is 146 g/mol. The monoisotopic (exact) mass is 161 g/mol. The van der Waals surface area contributed by atoms with Gasteiger partial charge in [-0.15, -0.1) is 0 Å². The van der Waals surface area contributed by atoms with Crippen LogP contribution in [0.3, 0.4) is 0 Å². The van der Waals surface area contributed by atoms with Crippen molar-refractivity contribution in [1.29, 1.82) is 0 Å². The van der Waals surface area contributed by atoms with E-state index in [0.717, 1.165) is 0 Å². The van der Waals surface area contributed by atoms with Crippen LogP contribution in [0.5, 0.6) is 0 Å². The molecule has 11 heavy (non-hydrogen) atoms. The van der Waals surface area contributed by atoms with E-state index in [1.54, 1.807) is 13.8 Å². The largest absolute Gasteiger partial charge is 0.389 e. The summed E-state index contributed by atoms with van der Waals surface area (Å²) in [5, 5.41) is 18.6. The molecule has 1 aliphatic rings. The molecule has 0 bridgehead atoms. The van der Waals surface area contributed by atoms with Crippen molar-refractivity contribution < 1.29 is 14.9 Å². The van der Waals surface area contributed by atoms with Crippen LogP contribution < -0.4 is 5.73 Å². The smallest absolute Gasteiger partial charge is 0.0975 e. The lowest BCUT2D eigenvalue weighted by atomic mass is 9.95. The van der Waals surface area contributed by atoms with Gasteiger partial charge < -0.3 is 20.7 Å². The number of aliphatic hydroxyl groups is 2. The molecule has 0 aromatic heterocycles. The molecule has 0 saturated carbocycles. The molecule has 5 atom stereocenters. The van der Waals surface area contributed by atoms with E-state index in [1.165, 1.54) is 0 Å². The van der Waals surface area contributed by atoms with E-state index in [1.807, 2.05) is 0 Å². The molecule has 4 nitrogen and oxygen atoms in total. The Morgan fingerprint density at radius 3 is 1.82 bits per heavy atom. The maximum absolute atomic E-state index is 9.32. The Labute approximate surface area is 66.0 Å². The third kappa shape index (κ3) is 1.54. The molecule has 0 aliphatic carbocycles. The van der Waals surface area contributed by atoms with Crippen LogP contribution in [0.25, 0.3) is 0 Å². The number of ether oxygens (including phenoxy) is 1. The second-order valence-corrected chi connectivity index (χ2v) is 3.10. The van der Waals surface area contributed by atoms with Gasteiger partial charge in [-0.2, -0.15) is 0 Å². The maximum atomic E-state index is 9.32. The summed E-state index contributed by atoms with van der Waals surface area (Å²) in [6.07, 6.45) is -2.10. The van der Waals surface area contributed by atoms with Crippen LogP contribution in [-0.2, 0) is 4.74 Å². The summed E-state index contributed by atoms with van der Waals surface area (Å²) in [5.41, 5.74) is 5.52. The molecule has 1 saturated heterocycles. The van der Waals surface area contributed by atoms with E-state index in [9.17, 15) is 10.2 Å². The molecule has 1 aliphatic heterocycles. The fourth-order valence-corrected chi connectivity index (χ4v) is 1.33. The van der Waals surface area contributed by atoms with E-state index < -0.39 is 18.2 Å². The predicted octanol–water partition coefficient (Wildman–Crippen LogP) is -1.16. The lowest BCUT2D eigenvalue weighted by Gasteiger charge is -2.38. The summed E-state index contributed by atoms with van der Waals surface area (Å²) in [4.78, 5) is 0. The number of hydrogen-bond donors (Lipinski definition) is 3. The van der Waals surface area contributed by atoms with E-state index in [2.05, 4.69) is 0 Å². The minimum atomic E-state index is -0.763. The quantitative estimate of drug-likeness (QED) is 0.419. The van der Waals surface area contributed by atoms with Crippen LogP contribution in [0.15, 0.2) is 0 Å². The van der Waals surface area contributed by atoms with Crippen LogP contribution >= 0.6 is 0 Å². The Morgan fingerprint density at radius 2 is 1.45 bits per heavy atom. The van der Waals surface area contributed by atoms with Crippen molar-refractivity contribution in [1.82, 2.24) is 0 Å². The fraction of sp³-hybridized carbons (Fsp3) is 1.00. The van der Waals surface area contributed by atoms with Gasteiger partial charge in [0, 0.05) is 0 Å². The Hall–Kier alpha value is -0.160. The summed E-state index contributed by atoms with van der Waals surface area (Å²) in [7, 11) is 0. The van der Waals surface area contributed by atoms with Crippen molar-refractivity contribution in [2.45, 2.75) is 44.3 Å². The van der Waals surface area contributed by atoms with Gasteiger partial charge in [0.25, 0.3) is 0 Å². The molecule has 4 N–H and O–H groups in total. The van der Waals surface area contributed by atoms with Crippen molar-refractivity contribution in [3.63, 3.8) is 0 Å². The van der Waals surface area contributed by atoms with Crippen molar-refractivity contribution in [3.8, 4) is 0 Å². The summed E-state index contributed by atoms with van der Waals surface area (Å²) in [5.74, 6) is 0. The van der Waals surface area contributed by atoms with Crippen LogP contribution in [0.1, 0.15) is 13.8 Å². The second kappa shape index (κ2) is 3.06. The number of aliphatic hydroxyl groups excluding tert-OH is 2. The molecule has 66 valence electrons. The number of nitrogens with two attached hydrogens (primary N) is 1. The lowest BCUT2D eigenvalue weighted by Crippen LogP contribution is -2.59. The first kappa shape index (κ1) is 8.93. The van der Waals surface area contributed by atoms with E-state index >= 15 is 0 Å². The Balaban J connectivity index is 2.63. The highest BCUT2D eigenvalue weighted by molar-refractivity contribution is 4.91. The maximum Gasteiger partial charge on any atom is 0.0975 e. The third-order valence-electron chi connectivity index (χ3n) is 2.18. The fourth-order valence-electron chi connectivity index (χ4n) is 1.33. The SMILES string of the molecule is C[C@@H]1O[C@H](C)[C@@H](O)[C@H](N)[C@H]1O. The molecule has 0 radical (unpaired) electrons. The Kier molecular flexibility index (Phi) is 2.49. The van der Waals surface area contributed by atoms with Crippen molar-refractivity contribution in [3.05, 3.63) is 0 Å². The third-order valence-corrected chi connectivity index (χ3v) is 2.18. The summed E-state index contributed by atoms with van der Waals surface area (Å²) in [6, 6.07) is -0.589. The van der Waals surface area contributed by atoms with Gasteiger partial charge in [-0.1, -0.05) is 0 Å². The summed E-state index contributed by atoms with van der Waals surface area (Å²) < 4.78 is 5.20. The molecule has 0 aromatic rings. The molecular formula is C7H15NO3. The first-order valence-electron chi connectivity index (χ1n) is 3.81. The molecule has 0 spiro atoms. The summed E-state index contributed by atoms with van der Waals surface area (Å²) in [6.45, 7) is 3.49. The average molecular weight is 161 g/mol. The highest BCUT2D eigenvalue weighted by Crippen LogP contribution is 2.18. The second-order valence-electron chi connectivity index (χ2n) is 3.10. The molecule has 1 heterocycles. The number of hydrogen-bond acceptors (Lipinski definition) is 4. The van der Waals surface area contributed by atoms with E-state index in [0.29, 0.717) is 0 Å². The van der Waals surface area contributed by atoms with E-state index in [-0.39, 0.29) is 12.2 Å². The van der Waals surface area contributed by atoms with Gasteiger partial charge in [-0.25, -0.2) is 0 Å². The summed E-state index contributed by atoms with van der Waals surface area (Å²) >= 11 is 0. The van der Waals surface area contributed by atoms with Crippen LogP contribution in [0.4, 0.5) is 0 Å². The van der Waals surface area contributed by atoms with Gasteiger partial charge in [0.15, 0.2) is 0 Å². The lowest BCUT2D eigenvalue weighted by molar-refractivity contribution is -0.165.